The molecule has 0 atom stereocenters. The predicted molar refractivity (Wildman–Crippen MR) is 80.3 cm³/mol. The van der Waals surface area contributed by atoms with E-state index in [1.54, 1.807) is 6.92 Å². The molecule has 0 aromatic heterocycles. The summed E-state index contributed by atoms with van der Waals surface area (Å²) >= 11 is 0. The quantitative estimate of drug-likeness (QED) is 0.794. The van der Waals surface area contributed by atoms with E-state index in [-0.39, 0.29) is 17.1 Å². The van der Waals surface area contributed by atoms with Crippen molar-refractivity contribution in [2.45, 2.75) is 65.7 Å². The second-order valence-electron chi connectivity index (χ2n) is 7.07. The summed E-state index contributed by atoms with van der Waals surface area (Å²) in [5, 5.41) is 0. The fourth-order valence-corrected chi connectivity index (χ4v) is 3.65. The van der Waals surface area contributed by atoms with Gasteiger partial charge in [0.05, 0.1) is 0 Å². The van der Waals surface area contributed by atoms with Crippen molar-refractivity contribution in [3.63, 3.8) is 0 Å². The summed E-state index contributed by atoms with van der Waals surface area (Å²) in [6.45, 7) is 7.51. The molecule has 2 aliphatic rings. The molecule has 114 valence electrons. The van der Waals surface area contributed by atoms with Crippen LogP contribution in [0.1, 0.15) is 65.7 Å². The number of piperidine rings is 1. The third kappa shape index (κ3) is 3.24. The molecule has 1 saturated carbocycles. The van der Waals surface area contributed by atoms with E-state index in [1.165, 1.54) is 19.3 Å². The molecule has 0 spiro atoms. The monoisotopic (exact) mass is 279 g/mol. The van der Waals surface area contributed by atoms with Gasteiger partial charge in [-0.05, 0) is 51.4 Å². The lowest BCUT2D eigenvalue weighted by molar-refractivity contribution is -0.142. The number of hydrogen-bond donors (Lipinski definition) is 0. The maximum absolute atomic E-state index is 12.6. The van der Waals surface area contributed by atoms with Crippen LogP contribution in [0.3, 0.4) is 0 Å². The van der Waals surface area contributed by atoms with Gasteiger partial charge in [0, 0.05) is 24.4 Å². The first kappa shape index (κ1) is 15.5. The van der Waals surface area contributed by atoms with E-state index in [1.807, 2.05) is 11.8 Å². The van der Waals surface area contributed by atoms with Gasteiger partial charge in [-0.3, -0.25) is 9.59 Å². The van der Waals surface area contributed by atoms with Crippen LogP contribution in [0.2, 0.25) is 0 Å². The van der Waals surface area contributed by atoms with Crippen molar-refractivity contribution in [3.05, 3.63) is 0 Å². The zero-order chi connectivity index (χ0) is 14.8. The summed E-state index contributed by atoms with van der Waals surface area (Å²) in [7, 11) is 0. The Morgan fingerprint density at radius 1 is 1.10 bits per heavy atom. The molecule has 1 saturated heterocycles. The highest BCUT2D eigenvalue weighted by Gasteiger charge is 2.37. The predicted octanol–water partition coefficient (Wildman–Crippen LogP) is 3.42. The van der Waals surface area contributed by atoms with Crippen molar-refractivity contribution in [1.29, 1.82) is 0 Å². The van der Waals surface area contributed by atoms with Crippen LogP contribution in [0.5, 0.6) is 0 Å². The number of rotatable bonds is 3. The molecular formula is C17H29NO2. The maximum atomic E-state index is 12.6. The Morgan fingerprint density at radius 2 is 1.65 bits per heavy atom. The van der Waals surface area contributed by atoms with E-state index < -0.39 is 0 Å². The highest BCUT2D eigenvalue weighted by atomic mass is 16.2. The standard InChI is InChI=1S/C17H29NO2/c1-4-14-5-7-15(8-6-14)16(20)18-11-9-17(3,10-12-18)13(2)19/h14-15H,4-12H2,1-3H3. The van der Waals surface area contributed by atoms with Gasteiger partial charge in [-0.1, -0.05) is 20.3 Å². The Kier molecular flexibility index (Phi) is 4.87. The normalized spacial score (nSPS) is 30.1. The summed E-state index contributed by atoms with van der Waals surface area (Å²) < 4.78 is 0. The van der Waals surface area contributed by atoms with Crippen molar-refractivity contribution < 1.29 is 9.59 Å². The van der Waals surface area contributed by atoms with Crippen LogP contribution in [0.4, 0.5) is 0 Å². The molecule has 2 rings (SSSR count). The topological polar surface area (TPSA) is 37.4 Å². The number of Topliss-reactive ketones (excluding diaryl/α,β-unsaturated/α-hetero) is 1. The van der Waals surface area contributed by atoms with Crippen LogP contribution < -0.4 is 0 Å². The fourth-order valence-electron chi connectivity index (χ4n) is 3.65. The molecule has 1 amide bonds. The lowest BCUT2D eigenvalue weighted by atomic mass is 9.76. The number of ketones is 1. The molecule has 20 heavy (non-hydrogen) atoms. The lowest BCUT2D eigenvalue weighted by Gasteiger charge is -2.40. The Morgan fingerprint density at radius 3 is 2.10 bits per heavy atom. The van der Waals surface area contributed by atoms with Crippen molar-refractivity contribution in [3.8, 4) is 0 Å². The maximum Gasteiger partial charge on any atom is 0.225 e. The van der Waals surface area contributed by atoms with Gasteiger partial charge >= 0.3 is 0 Å². The van der Waals surface area contributed by atoms with Gasteiger partial charge in [-0.2, -0.15) is 0 Å². The number of hydrogen-bond acceptors (Lipinski definition) is 2. The molecule has 3 nitrogen and oxygen atoms in total. The minimum Gasteiger partial charge on any atom is -0.342 e. The third-order valence-electron chi connectivity index (χ3n) is 5.80. The minimum atomic E-state index is -0.198. The van der Waals surface area contributed by atoms with Gasteiger partial charge in [0.15, 0.2) is 0 Å². The summed E-state index contributed by atoms with van der Waals surface area (Å²) in [4.78, 5) is 26.2. The Bertz CT molecular complexity index is 361. The van der Waals surface area contributed by atoms with Gasteiger partial charge in [0.2, 0.25) is 5.91 Å². The van der Waals surface area contributed by atoms with Gasteiger partial charge in [-0.15, -0.1) is 0 Å². The number of likely N-dealkylation sites (tertiary alicyclic amines) is 1. The molecular weight excluding hydrogens is 250 g/mol. The zero-order valence-electron chi connectivity index (χ0n) is 13.3. The van der Waals surface area contributed by atoms with Crippen molar-refractivity contribution in [2.24, 2.45) is 17.3 Å². The summed E-state index contributed by atoms with van der Waals surface area (Å²) in [5.41, 5.74) is -0.198. The van der Waals surface area contributed by atoms with Gasteiger partial charge in [0.25, 0.3) is 0 Å². The average molecular weight is 279 g/mol. The van der Waals surface area contributed by atoms with E-state index in [0.717, 1.165) is 44.7 Å². The minimum absolute atomic E-state index is 0.198. The molecule has 1 aliphatic heterocycles. The van der Waals surface area contributed by atoms with Gasteiger partial charge in [-0.25, -0.2) is 0 Å². The SMILES string of the molecule is CCC1CCC(C(=O)N2CCC(C)(C(C)=O)CC2)CC1. The van der Waals surface area contributed by atoms with E-state index in [0.29, 0.717) is 5.91 Å². The number of amides is 1. The number of nitrogens with zero attached hydrogens (tertiary/aromatic N) is 1. The third-order valence-corrected chi connectivity index (χ3v) is 5.80. The largest absolute Gasteiger partial charge is 0.342 e. The zero-order valence-corrected chi connectivity index (χ0v) is 13.3. The van der Waals surface area contributed by atoms with Crippen molar-refractivity contribution >= 4 is 11.7 Å². The van der Waals surface area contributed by atoms with E-state index in [4.69, 9.17) is 0 Å². The van der Waals surface area contributed by atoms with Crippen LogP contribution in [0.15, 0.2) is 0 Å². The Labute approximate surface area is 123 Å². The molecule has 3 heteroatoms. The van der Waals surface area contributed by atoms with Crippen LogP contribution in [-0.2, 0) is 9.59 Å². The molecule has 1 heterocycles. The number of carbonyl (C=O) groups is 2. The molecule has 1 aliphatic carbocycles. The molecule has 2 fully saturated rings. The van der Waals surface area contributed by atoms with E-state index >= 15 is 0 Å². The lowest BCUT2D eigenvalue weighted by Crippen LogP contribution is -2.47. The van der Waals surface area contributed by atoms with Crippen molar-refractivity contribution in [1.82, 2.24) is 4.90 Å². The Balaban J connectivity index is 1.85. The van der Waals surface area contributed by atoms with Crippen LogP contribution in [0, 0.1) is 17.3 Å². The summed E-state index contributed by atoms with van der Waals surface area (Å²) in [5.74, 6) is 1.71. The van der Waals surface area contributed by atoms with E-state index in [2.05, 4.69) is 6.92 Å². The highest BCUT2D eigenvalue weighted by molar-refractivity contribution is 5.83. The molecule has 0 aromatic carbocycles. The second kappa shape index (κ2) is 6.28. The highest BCUT2D eigenvalue weighted by Crippen LogP contribution is 2.35. The van der Waals surface area contributed by atoms with Gasteiger partial charge < -0.3 is 4.90 Å². The van der Waals surface area contributed by atoms with Crippen molar-refractivity contribution in [2.75, 3.05) is 13.1 Å². The molecule has 0 aromatic rings. The first-order valence-corrected chi connectivity index (χ1v) is 8.26. The molecule has 0 N–H and O–H groups in total. The average Bonchev–Trinajstić information content (AvgIpc) is 2.47. The van der Waals surface area contributed by atoms with Crippen LogP contribution in [0.25, 0.3) is 0 Å². The van der Waals surface area contributed by atoms with Crippen LogP contribution >= 0.6 is 0 Å². The first-order valence-electron chi connectivity index (χ1n) is 8.26. The molecule has 0 unspecified atom stereocenters. The van der Waals surface area contributed by atoms with Crippen LogP contribution in [-0.4, -0.2) is 29.7 Å². The molecule has 0 bridgehead atoms. The molecule has 0 radical (unpaired) electrons. The van der Waals surface area contributed by atoms with Gasteiger partial charge in [0.1, 0.15) is 5.78 Å². The summed E-state index contributed by atoms with van der Waals surface area (Å²) in [6.07, 6.45) is 7.48. The summed E-state index contributed by atoms with van der Waals surface area (Å²) in [6, 6.07) is 0. The Hall–Kier alpha value is -0.860. The number of carbonyl (C=O) groups excluding carboxylic acids is 2. The fraction of sp³-hybridized carbons (Fsp3) is 0.882. The first-order chi connectivity index (χ1) is 9.46. The second-order valence-corrected chi connectivity index (χ2v) is 7.07. The van der Waals surface area contributed by atoms with E-state index in [9.17, 15) is 9.59 Å². The smallest absolute Gasteiger partial charge is 0.225 e.